The molecule has 1 heterocycles. The van der Waals surface area contributed by atoms with E-state index in [1.165, 1.54) is 6.42 Å². The highest BCUT2D eigenvalue weighted by Gasteiger charge is 2.29. The van der Waals surface area contributed by atoms with Gasteiger partial charge in [-0.05, 0) is 19.3 Å². The summed E-state index contributed by atoms with van der Waals surface area (Å²) in [6.07, 6.45) is 3.40. The lowest BCUT2D eigenvalue weighted by Crippen LogP contribution is -2.40. The Labute approximate surface area is 76.2 Å². The molecule has 1 aliphatic heterocycles. The molecule has 2 unspecified atom stereocenters. The molecule has 0 bridgehead atoms. The molecule has 0 amide bonds. The summed E-state index contributed by atoms with van der Waals surface area (Å²) in [5, 5.41) is 17.9. The molecule has 4 heteroatoms. The Hall–Kier alpha value is 0.0969. The van der Waals surface area contributed by atoms with Gasteiger partial charge in [0.25, 0.3) is 0 Å². The Bertz CT molecular complexity index is 134. The standard InChI is InChI=1S/C8H18O3Si/c9-6-7(10)5-8(12)3-1-2-4-11-8/h7,9-10H,1-6H2,12H3. The third kappa shape index (κ3) is 2.86. The summed E-state index contributed by atoms with van der Waals surface area (Å²) in [5.74, 6) is 0. The first-order chi connectivity index (χ1) is 5.66. The van der Waals surface area contributed by atoms with Crippen molar-refractivity contribution in [1.82, 2.24) is 0 Å². The summed E-state index contributed by atoms with van der Waals surface area (Å²) in [5.41, 5.74) is 0. The quantitative estimate of drug-likeness (QED) is 0.561. The van der Waals surface area contributed by atoms with Gasteiger partial charge in [0.1, 0.15) is 0 Å². The first kappa shape index (κ1) is 10.2. The highest BCUT2D eigenvalue weighted by molar-refractivity contribution is 6.14. The van der Waals surface area contributed by atoms with Gasteiger partial charge in [0.05, 0.1) is 17.9 Å². The summed E-state index contributed by atoms with van der Waals surface area (Å²) in [7, 11) is 0.939. The van der Waals surface area contributed by atoms with Gasteiger partial charge in [-0.2, -0.15) is 0 Å². The van der Waals surface area contributed by atoms with Gasteiger partial charge in [0, 0.05) is 23.3 Å². The van der Waals surface area contributed by atoms with Crippen LogP contribution in [0.1, 0.15) is 25.7 Å². The maximum atomic E-state index is 9.27. The third-order valence-electron chi connectivity index (χ3n) is 2.43. The van der Waals surface area contributed by atoms with Crippen LogP contribution in [0.3, 0.4) is 0 Å². The zero-order valence-electron chi connectivity index (χ0n) is 7.62. The molecule has 0 aromatic carbocycles. The molecule has 12 heavy (non-hydrogen) atoms. The average Bonchev–Trinajstić information content (AvgIpc) is 2.05. The number of hydrogen-bond donors (Lipinski definition) is 2. The van der Waals surface area contributed by atoms with E-state index < -0.39 is 6.10 Å². The normalized spacial score (nSPS) is 33.5. The molecular weight excluding hydrogens is 172 g/mol. The Morgan fingerprint density at radius 2 is 2.25 bits per heavy atom. The van der Waals surface area contributed by atoms with Gasteiger partial charge >= 0.3 is 0 Å². The maximum Gasteiger partial charge on any atom is 0.0794 e. The highest BCUT2D eigenvalue weighted by Crippen LogP contribution is 2.26. The van der Waals surface area contributed by atoms with E-state index in [1.807, 2.05) is 0 Å². The molecule has 0 aromatic rings. The van der Waals surface area contributed by atoms with Crippen molar-refractivity contribution in [2.75, 3.05) is 13.2 Å². The summed E-state index contributed by atoms with van der Waals surface area (Å²) >= 11 is 0. The van der Waals surface area contributed by atoms with Crippen LogP contribution in [0.5, 0.6) is 0 Å². The maximum absolute atomic E-state index is 9.27. The second-order valence-corrected chi connectivity index (χ2v) is 5.62. The van der Waals surface area contributed by atoms with Crippen molar-refractivity contribution >= 4 is 10.2 Å². The van der Waals surface area contributed by atoms with E-state index in [0.29, 0.717) is 6.42 Å². The van der Waals surface area contributed by atoms with E-state index in [9.17, 15) is 5.11 Å². The third-order valence-corrected chi connectivity index (χ3v) is 3.63. The van der Waals surface area contributed by atoms with Crippen molar-refractivity contribution in [3.05, 3.63) is 0 Å². The number of aliphatic hydroxyl groups is 2. The van der Waals surface area contributed by atoms with Crippen molar-refractivity contribution in [3.8, 4) is 0 Å². The van der Waals surface area contributed by atoms with Crippen molar-refractivity contribution in [3.63, 3.8) is 0 Å². The van der Waals surface area contributed by atoms with Crippen LogP contribution in [0.4, 0.5) is 0 Å². The van der Waals surface area contributed by atoms with Crippen LogP contribution in [0.15, 0.2) is 0 Å². The number of hydrogen-bond acceptors (Lipinski definition) is 3. The predicted molar refractivity (Wildman–Crippen MR) is 50.2 cm³/mol. The number of aliphatic hydroxyl groups excluding tert-OH is 2. The SMILES string of the molecule is OCC(O)CC1([SiH3])CCCCO1. The fourth-order valence-electron chi connectivity index (χ4n) is 1.72. The minimum atomic E-state index is -0.597. The van der Waals surface area contributed by atoms with E-state index in [4.69, 9.17) is 9.84 Å². The number of rotatable bonds is 3. The van der Waals surface area contributed by atoms with Gasteiger partial charge in [-0.25, -0.2) is 0 Å². The summed E-state index contributed by atoms with van der Waals surface area (Å²) in [4.78, 5) is 0. The Morgan fingerprint density at radius 3 is 2.75 bits per heavy atom. The van der Waals surface area contributed by atoms with Crippen LogP contribution in [-0.2, 0) is 4.74 Å². The molecule has 0 saturated carbocycles. The Kier molecular flexibility index (Phi) is 3.70. The smallest absolute Gasteiger partial charge is 0.0794 e. The molecule has 3 nitrogen and oxygen atoms in total. The van der Waals surface area contributed by atoms with Crippen LogP contribution in [0.2, 0.25) is 0 Å². The van der Waals surface area contributed by atoms with Crippen LogP contribution < -0.4 is 0 Å². The summed E-state index contributed by atoms with van der Waals surface area (Å²) in [6.45, 7) is 0.676. The van der Waals surface area contributed by atoms with E-state index in [0.717, 1.165) is 29.7 Å². The molecule has 72 valence electrons. The molecule has 1 saturated heterocycles. The minimum Gasteiger partial charge on any atom is -0.394 e. The van der Waals surface area contributed by atoms with E-state index in [-0.39, 0.29) is 11.8 Å². The molecule has 2 atom stereocenters. The second kappa shape index (κ2) is 4.37. The molecule has 0 aromatic heterocycles. The van der Waals surface area contributed by atoms with Crippen LogP contribution in [0.25, 0.3) is 0 Å². The van der Waals surface area contributed by atoms with E-state index in [1.54, 1.807) is 0 Å². The minimum absolute atomic E-state index is 0.0691. The van der Waals surface area contributed by atoms with Crippen molar-refractivity contribution in [2.24, 2.45) is 0 Å². The second-order valence-electron chi connectivity index (χ2n) is 3.80. The highest BCUT2D eigenvalue weighted by atomic mass is 28.1. The fraction of sp³-hybridized carbons (Fsp3) is 1.00. The van der Waals surface area contributed by atoms with Crippen molar-refractivity contribution in [1.29, 1.82) is 0 Å². The molecule has 0 radical (unpaired) electrons. The summed E-state index contributed by atoms with van der Waals surface area (Å²) < 4.78 is 5.63. The molecule has 2 N–H and O–H groups in total. The lowest BCUT2D eigenvalue weighted by Gasteiger charge is -2.35. The Morgan fingerprint density at radius 1 is 1.50 bits per heavy atom. The van der Waals surface area contributed by atoms with Crippen molar-refractivity contribution in [2.45, 2.75) is 37.0 Å². The molecule has 1 rings (SSSR count). The topological polar surface area (TPSA) is 49.7 Å². The Balaban J connectivity index is 2.35. The monoisotopic (exact) mass is 190 g/mol. The zero-order valence-corrected chi connectivity index (χ0v) is 9.62. The van der Waals surface area contributed by atoms with Crippen LogP contribution >= 0.6 is 0 Å². The molecule has 0 spiro atoms. The first-order valence-corrected chi connectivity index (χ1v) is 5.59. The predicted octanol–water partition coefficient (Wildman–Crippen LogP) is -1.01. The number of ether oxygens (including phenoxy) is 1. The van der Waals surface area contributed by atoms with Crippen molar-refractivity contribution < 1.29 is 14.9 Å². The van der Waals surface area contributed by atoms with Gasteiger partial charge in [-0.3, -0.25) is 0 Å². The summed E-state index contributed by atoms with van der Waals surface area (Å²) in [6, 6.07) is 0. The largest absolute Gasteiger partial charge is 0.394 e. The average molecular weight is 190 g/mol. The van der Waals surface area contributed by atoms with E-state index >= 15 is 0 Å². The molecule has 0 aliphatic carbocycles. The van der Waals surface area contributed by atoms with Crippen LogP contribution in [0, 0.1) is 0 Å². The van der Waals surface area contributed by atoms with Gasteiger partial charge in [-0.15, -0.1) is 0 Å². The van der Waals surface area contributed by atoms with Crippen LogP contribution in [-0.4, -0.2) is 45.0 Å². The van der Waals surface area contributed by atoms with Gasteiger partial charge < -0.3 is 14.9 Å². The fourth-order valence-corrected chi connectivity index (χ4v) is 2.74. The molecule has 1 aliphatic rings. The van der Waals surface area contributed by atoms with Gasteiger partial charge in [0.15, 0.2) is 0 Å². The van der Waals surface area contributed by atoms with Gasteiger partial charge in [-0.1, -0.05) is 0 Å². The molecule has 1 fully saturated rings. The lowest BCUT2D eigenvalue weighted by atomic mass is 10.0. The first-order valence-electron chi connectivity index (χ1n) is 4.59. The lowest BCUT2D eigenvalue weighted by molar-refractivity contribution is -0.0541. The zero-order chi connectivity index (χ0) is 9.03. The molecular formula is C8H18O3Si. The van der Waals surface area contributed by atoms with E-state index in [2.05, 4.69) is 0 Å². The van der Waals surface area contributed by atoms with Gasteiger partial charge in [0.2, 0.25) is 0 Å².